The van der Waals surface area contributed by atoms with E-state index in [4.69, 9.17) is 0 Å². The maximum Gasteiger partial charge on any atom is 0.405 e. The van der Waals surface area contributed by atoms with Crippen molar-refractivity contribution < 1.29 is 18.0 Å². The lowest BCUT2D eigenvalue weighted by atomic mass is 10.6. The van der Waals surface area contributed by atoms with Gasteiger partial charge in [-0.15, -0.1) is 0 Å². The van der Waals surface area contributed by atoms with Crippen LogP contribution in [0.25, 0.3) is 0 Å². The molecular formula is C8H11F3N4O. The van der Waals surface area contributed by atoms with Crippen molar-refractivity contribution in [3.8, 4) is 0 Å². The molecule has 1 heterocycles. The van der Waals surface area contributed by atoms with Crippen LogP contribution in [0.15, 0.2) is 18.5 Å². The molecule has 0 saturated heterocycles. The third-order valence-corrected chi connectivity index (χ3v) is 1.64. The fourth-order valence-electron chi connectivity index (χ4n) is 0.960. The van der Waals surface area contributed by atoms with Crippen molar-refractivity contribution in [2.24, 2.45) is 0 Å². The standard InChI is InChI=1S/C8H11F3N4O/c9-8(10,11)6-13-7(16)12-3-5-15-4-1-2-14-15/h1-2,4H,3,5-6H2,(H2,12,13,16). The van der Waals surface area contributed by atoms with E-state index in [9.17, 15) is 18.0 Å². The molecule has 8 heteroatoms. The van der Waals surface area contributed by atoms with Crippen molar-refractivity contribution in [3.05, 3.63) is 18.5 Å². The molecule has 0 saturated carbocycles. The molecule has 0 aliphatic carbocycles. The number of carbonyl (C=O) groups is 1. The predicted octanol–water partition coefficient (Wildman–Crippen LogP) is 0.745. The van der Waals surface area contributed by atoms with Gasteiger partial charge in [-0.1, -0.05) is 0 Å². The lowest BCUT2D eigenvalue weighted by molar-refractivity contribution is -0.122. The van der Waals surface area contributed by atoms with E-state index in [0.29, 0.717) is 6.54 Å². The van der Waals surface area contributed by atoms with Gasteiger partial charge in [-0.2, -0.15) is 18.3 Å². The van der Waals surface area contributed by atoms with E-state index in [1.54, 1.807) is 28.5 Å². The van der Waals surface area contributed by atoms with E-state index < -0.39 is 18.8 Å². The molecule has 0 unspecified atom stereocenters. The zero-order chi connectivity index (χ0) is 12.0. The molecule has 90 valence electrons. The van der Waals surface area contributed by atoms with Gasteiger partial charge < -0.3 is 10.6 Å². The van der Waals surface area contributed by atoms with Crippen LogP contribution in [-0.2, 0) is 6.54 Å². The molecular weight excluding hydrogens is 225 g/mol. The number of nitrogens with zero attached hydrogens (tertiary/aromatic N) is 2. The number of nitrogens with one attached hydrogen (secondary N) is 2. The predicted molar refractivity (Wildman–Crippen MR) is 49.7 cm³/mol. The Labute approximate surface area is 89.6 Å². The maximum atomic E-state index is 11.7. The van der Waals surface area contributed by atoms with E-state index in [0.717, 1.165) is 0 Å². The first-order chi connectivity index (χ1) is 7.47. The lowest BCUT2D eigenvalue weighted by Crippen LogP contribution is -2.41. The average molecular weight is 236 g/mol. The summed E-state index contributed by atoms with van der Waals surface area (Å²) in [6.45, 7) is -0.710. The van der Waals surface area contributed by atoms with Crippen LogP contribution < -0.4 is 10.6 Å². The van der Waals surface area contributed by atoms with E-state index in [2.05, 4.69) is 10.4 Å². The summed E-state index contributed by atoms with van der Waals surface area (Å²) in [6, 6.07) is 0.869. The second-order valence-electron chi connectivity index (χ2n) is 2.99. The Morgan fingerprint density at radius 3 is 2.69 bits per heavy atom. The van der Waals surface area contributed by atoms with E-state index in [1.807, 2.05) is 0 Å². The molecule has 0 fully saturated rings. The molecule has 1 aromatic rings. The minimum absolute atomic E-state index is 0.214. The van der Waals surface area contributed by atoms with Crippen LogP contribution >= 0.6 is 0 Å². The number of hydrogen-bond donors (Lipinski definition) is 2. The van der Waals surface area contributed by atoms with Crippen molar-refractivity contribution in [2.75, 3.05) is 13.1 Å². The summed E-state index contributed by atoms with van der Waals surface area (Å²) >= 11 is 0. The van der Waals surface area contributed by atoms with Crippen molar-refractivity contribution >= 4 is 6.03 Å². The summed E-state index contributed by atoms with van der Waals surface area (Å²) in [6.07, 6.45) is -1.13. The van der Waals surface area contributed by atoms with Crippen LogP contribution in [0.5, 0.6) is 0 Å². The fraction of sp³-hybridized carbons (Fsp3) is 0.500. The number of carbonyl (C=O) groups excluding carboxylic acids is 1. The molecule has 0 radical (unpaired) electrons. The number of urea groups is 1. The Morgan fingerprint density at radius 1 is 1.38 bits per heavy atom. The third kappa shape index (κ3) is 5.23. The van der Waals surface area contributed by atoms with Crippen LogP contribution in [-0.4, -0.2) is 35.1 Å². The molecule has 2 N–H and O–H groups in total. The second-order valence-corrected chi connectivity index (χ2v) is 2.99. The van der Waals surface area contributed by atoms with Crippen molar-refractivity contribution in [3.63, 3.8) is 0 Å². The number of rotatable bonds is 4. The summed E-state index contributed by atoms with van der Waals surface area (Å²) in [7, 11) is 0. The minimum atomic E-state index is -4.39. The van der Waals surface area contributed by atoms with Crippen LogP contribution in [0.4, 0.5) is 18.0 Å². The second kappa shape index (κ2) is 5.38. The molecule has 0 atom stereocenters. The van der Waals surface area contributed by atoms with Gasteiger partial charge >= 0.3 is 12.2 Å². The van der Waals surface area contributed by atoms with Gasteiger partial charge in [0.2, 0.25) is 0 Å². The summed E-state index contributed by atoms with van der Waals surface area (Å²) in [5, 5.41) is 7.84. The summed E-state index contributed by atoms with van der Waals surface area (Å²) in [5.41, 5.74) is 0. The third-order valence-electron chi connectivity index (χ3n) is 1.64. The molecule has 0 aliphatic rings. The number of amides is 2. The van der Waals surface area contributed by atoms with Gasteiger partial charge in [-0.25, -0.2) is 4.79 Å². The first-order valence-electron chi connectivity index (χ1n) is 4.53. The highest BCUT2D eigenvalue weighted by atomic mass is 19.4. The summed E-state index contributed by atoms with van der Waals surface area (Å²) in [4.78, 5) is 10.9. The minimum Gasteiger partial charge on any atom is -0.336 e. The number of aromatic nitrogens is 2. The van der Waals surface area contributed by atoms with E-state index >= 15 is 0 Å². The fourth-order valence-corrected chi connectivity index (χ4v) is 0.960. The van der Waals surface area contributed by atoms with Gasteiger partial charge in [-0.3, -0.25) is 4.68 Å². The number of alkyl halides is 3. The zero-order valence-electron chi connectivity index (χ0n) is 8.29. The summed E-state index contributed by atoms with van der Waals surface area (Å²) in [5.74, 6) is 0. The summed E-state index contributed by atoms with van der Waals surface area (Å²) < 4.78 is 36.7. The first kappa shape index (κ1) is 12.3. The van der Waals surface area contributed by atoms with Crippen LogP contribution in [0.1, 0.15) is 0 Å². The first-order valence-corrected chi connectivity index (χ1v) is 4.53. The normalized spacial score (nSPS) is 11.2. The van der Waals surface area contributed by atoms with Gasteiger partial charge in [0.1, 0.15) is 6.54 Å². The SMILES string of the molecule is O=C(NCCn1cccn1)NCC(F)(F)F. The van der Waals surface area contributed by atoms with E-state index in [1.165, 1.54) is 0 Å². The topological polar surface area (TPSA) is 59.0 Å². The maximum absolute atomic E-state index is 11.7. The van der Waals surface area contributed by atoms with Gasteiger partial charge in [0.05, 0.1) is 6.54 Å². The Morgan fingerprint density at radius 2 is 2.12 bits per heavy atom. The van der Waals surface area contributed by atoms with Gasteiger partial charge in [-0.05, 0) is 6.07 Å². The van der Waals surface area contributed by atoms with E-state index in [-0.39, 0.29) is 6.54 Å². The number of hydrogen-bond acceptors (Lipinski definition) is 2. The zero-order valence-corrected chi connectivity index (χ0v) is 8.29. The Bertz CT molecular complexity index is 323. The smallest absolute Gasteiger partial charge is 0.336 e. The van der Waals surface area contributed by atoms with Crippen LogP contribution in [0, 0.1) is 0 Å². The largest absolute Gasteiger partial charge is 0.405 e. The number of halogens is 3. The van der Waals surface area contributed by atoms with Gasteiger partial charge in [0, 0.05) is 18.9 Å². The molecule has 0 aliphatic heterocycles. The average Bonchev–Trinajstić information content (AvgIpc) is 2.66. The molecule has 1 aromatic heterocycles. The Balaban J connectivity index is 2.11. The molecule has 1 rings (SSSR count). The van der Waals surface area contributed by atoms with Crippen LogP contribution in [0.3, 0.4) is 0 Å². The highest BCUT2D eigenvalue weighted by Crippen LogP contribution is 2.11. The molecule has 0 aromatic carbocycles. The van der Waals surface area contributed by atoms with Gasteiger partial charge in [0.15, 0.2) is 0 Å². The van der Waals surface area contributed by atoms with Gasteiger partial charge in [0.25, 0.3) is 0 Å². The van der Waals surface area contributed by atoms with Crippen molar-refractivity contribution in [1.29, 1.82) is 0 Å². The van der Waals surface area contributed by atoms with Crippen molar-refractivity contribution in [2.45, 2.75) is 12.7 Å². The van der Waals surface area contributed by atoms with Crippen molar-refractivity contribution in [1.82, 2.24) is 20.4 Å². The Hall–Kier alpha value is -1.73. The Kier molecular flexibility index (Phi) is 4.15. The monoisotopic (exact) mass is 236 g/mol. The highest BCUT2D eigenvalue weighted by molar-refractivity contribution is 5.73. The quantitative estimate of drug-likeness (QED) is 0.810. The highest BCUT2D eigenvalue weighted by Gasteiger charge is 2.27. The molecule has 0 bridgehead atoms. The molecule has 0 spiro atoms. The molecule has 2 amide bonds. The lowest BCUT2D eigenvalue weighted by Gasteiger charge is -2.09. The molecule has 16 heavy (non-hydrogen) atoms. The van der Waals surface area contributed by atoms with Crippen LogP contribution in [0.2, 0.25) is 0 Å². The molecule has 5 nitrogen and oxygen atoms in total.